The molecule has 0 radical (unpaired) electrons. The van der Waals surface area contributed by atoms with E-state index in [-0.39, 0.29) is 24.2 Å². The average Bonchev–Trinajstić information content (AvgIpc) is 3.31. The number of nitrogens with zero attached hydrogens (tertiary/aromatic N) is 2. The minimum absolute atomic E-state index is 0.0151. The third-order valence-corrected chi connectivity index (χ3v) is 4.80. The van der Waals surface area contributed by atoms with E-state index in [1.54, 1.807) is 17.2 Å². The molecule has 0 aliphatic carbocycles. The second kappa shape index (κ2) is 8.08. The molecule has 1 aromatic heterocycles. The van der Waals surface area contributed by atoms with Crippen LogP contribution >= 0.6 is 0 Å². The van der Waals surface area contributed by atoms with Crippen molar-refractivity contribution >= 4 is 23.2 Å². The quantitative estimate of drug-likeness (QED) is 0.829. The summed E-state index contributed by atoms with van der Waals surface area (Å²) in [6, 6.07) is 11.6. The number of carbonyl (C=O) groups excluding carboxylic acids is 2. The Kier molecular flexibility index (Phi) is 5.61. The number of anilines is 2. The molecular formula is C20H25N3O3. The summed E-state index contributed by atoms with van der Waals surface area (Å²) in [4.78, 5) is 28.7. The molecule has 1 fully saturated rings. The standard InChI is InChI=1S/C20H25N3O3/c1-3-22(4-2)16-7-9-17(10-8-16)23-14-15(12-19(23)24)20(25)21-13-18-6-5-11-26-18/h5-11,15H,3-4,12-14H2,1-2H3,(H,21,25). The normalized spacial score (nSPS) is 16.8. The number of benzene rings is 1. The topological polar surface area (TPSA) is 65.8 Å². The van der Waals surface area contributed by atoms with Crippen molar-refractivity contribution in [3.63, 3.8) is 0 Å². The summed E-state index contributed by atoms with van der Waals surface area (Å²) in [5.41, 5.74) is 1.98. The van der Waals surface area contributed by atoms with Crippen LogP contribution in [0.4, 0.5) is 11.4 Å². The Morgan fingerprint density at radius 1 is 1.23 bits per heavy atom. The van der Waals surface area contributed by atoms with Gasteiger partial charge in [-0.2, -0.15) is 0 Å². The molecule has 1 unspecified atom stereocenters. The van der Waals surface area contributed by atoms with Gasteiger partial charge in [0.05, 0.1) is 18.7 Å². The van der Waals surface area contributed by atoms with Crippen molar-refractivity contribution in [3.8, 4) is 0 Å². The maximum absolute atomic E-state index is 12.4. The molecule has 0 saturated carbocycles. The number of carbonyl (C=O) groups is 2. The van der Waals surface area contributed by atoms with E-state index in [1.807, 2.05) is 30.3 Å². The molecule has 3 rings (SSSR count). The number of rotatable bonds is 7. The summed E-state index contributed by atoms with van der Waals surface area (Å²) in [5, 5.41) is 2.84. The van der Waals surface area contributed by atoms with Crippen LogP contribution in [-0.2, 0) is 16.1 Å². The Balaban J connectivity index is 1.61. The fourth-order valence-electron chi connectivity index (χ4n) is 3.30. The Morgan fingerprint density at radius 2 is 1.96 bits per heavy atom. The predicted octanol–water partition coefficient (Wildman–Crippen LogP) is 2.80. The molecule has 1 aliphatic heterocycles. The van der Waals surface area contributed by atoms with E-state index in [0.717, 1.165) is 24.5 Å². The molecule has 1 aromatic carbocycles. The molecule has 0 bridgehead atoms. The van der Waals surface area contributed by atoms with Crippen LogP contribution in [0.3, 0.4) is 0 Å². The zero-order chi connectivity index (χ0) is 18.5. The molecule has 1 aliphatic rings. The van der Waals surface area contributed by atoms with E-state index >= 15 is 0 Å². The van der Waals surface area contributed by atoms with Crippen LogP contribution in [0.1, 0.15) is 26.0 Å². The number of hydrogen-bond acceptors (Lipinski definition) is 4. The van der Waals surface area contributed by atoms with Gasteiger partial charge in [0, 0.05) is 37.4 Å². The van der Waals surface area contributed by atoms with Crippen molar-refractivity contribution < 1.29 is 14.0 Å². The summed E-state index contributed by atoms with van der Waals surface area (Å²) in [5.74, 6) is 0.238. The monoisotopic (exact) mass is 355 g/mol. The van der Waals surface area contributed by atoms with E-state index in [4.69, 9.17) is 4.42 Å². The predicted molar refractivity (Wildman–Crippen MR) is 101 cm³/mol. The van der Waals surface area contributed by atoms with Crippen molar-refractivity contribution in [2.45, 2.75) is 26.8 Å². The molecule has 1 atom stereocenters. The van der Waals surface area contributed by atoms with Crippen LogP contribution in [0.15, 0.2) is 47.1 Å². The van der Waals surface area contributed by atoms with Crippen LogP contribution in [0.5, 0.6) is 0 Å². The minimum atomic E-state index is -0.333. The molecule has 138 valence electrons. The lowest BCUT2D eigenvalue weighted by molar-refractivity contribution is -0.126. The van der Waals surface area contributed by atoms with Gasteiger partial charge in [-0.15, -0.1) is 0 Å². The lowest BCUT2D eigenvalue weighted by Crippen LogP contribution is -2.32. The van der Waals surface area contributed by atoms with Gasteiger partial charge in [0.25, 0.3) is 0 Å². The fourth-order valence-corrected chi connectivity index (χ4v) is 3.30. The highest BCUT2D eigenvalue weighted by atomic mass is 16.3. The zero-order valence-electron chi connectivity index (χ0n) is 15.3. The summed E-state index contributed by atoms with van der Waals surface area (Å²) in [6.45, 7) is 6.87. The first-order valence-corrected chi connectivity index (χ1v) is 9.07. The fraction of sp³-hybridized carbons (Fsp3) is 0.400. The van der Waals surface area contributed by atoms with Gasteiger partial charge < -0.3 is 19.5 Å². The molecule has 6 heteroatoms. The molecule has 2 aromatic rings. The molecular weight excluding hydrogens is 330 g/mol. The van der Waals surface area contributed by atoms with Gasteiger partial charge in [-0.25, -0.2) is 0 Å². The smallest absolute Gasteiger partial charge is 0.227 e. The second-order valence-electron chi connectivity index (χ2n) is 6.39. The van der Waals surface area contributed by atoms with E-state index in [1.165, 1.54) is 0 Å². The molecule has 6 nitrogen and oxygen atoms in total. The van der Waals surface area contributed by atoms with Crippen LogP contribution in [-0.4, -0.2) is 31.4 Å². The maximum Gasteiger partial charge on any atom is 0.227 e. The lowest BCUT2D eigenvalue weighted by atomic mass is 10.1. The second-order valence-corrected chi connectivity index (χ2v) is 6.39. The third kappa shape index (κ3) is 3.90. The highest BCUT2D eigenvalue weighted by molar-refractivity contribution is 6.00. The zero-order valence-corrected chi connectivity index (χ0v) is 15.3. The third-order valence-electron chi connectivity index (χ3n) is 4.80. The Labute approximate surface area is 153 Å². The van der Waals surface area contributed by atoms with Gasteiger partial charge in [0.1, 0.15) is 5.76 Å². The van der Waals surface area contributed by atoms with Crippen LogP contribution in [0, 0.1) is 5.92 Å². The number of amides is 2. The first-order valence-electron chi connectivity index (χ1n) is 9.07. The summed E-state index contributed by atoms with van der Waals surface area (Å²) < 4.78 is 5.21. The lowest BCUT2D eigenvalue weighted by Gasteiger charge is -2.22. The highest BCUT2D eigenvalue weighted by Crippen LogP contribution is 2.27. The van der Waals surface area contributed by atoms with Gasteiger partial charge in [0.15, 0.2) is 0 Å². The van der Waals surface area contributed by atoms with Crippen molar-refractivity contribution in [3.05, 3.63) is 48.4 Å². The van der Waals surface area contributed by atoms with Crippen LogP contribution in [0.25, 0.3) is 0 Å². The molecule has 0 spiro atoms. The Hall–Kier alpha value is -2.76. The maximum atomic E-state index is 12.4. The van der Waals surface area contributed by atoms with Gasteiger partial charge in [0.2, 0.25) is 11.8 Å². The highest BCUT2D eigenvalue weighted by Gasteiger charge is 2.35. The van der Waals surface area contributed by atoms with Crippen molar-refractivity contribution in [2.75, 3.05) is 29.4 Å². The van der Waals surface area contributed by atoms with Gasteiger partial charge in [-0.3, -0.25) is 9.59 Å². The first-order chi connectivity index (χ1) is 12.6. The molecule has 1 N–H and O–H groups in total. The SMILES string of the molecule is CCN(CC)c1ccc(N2CC(C(=O)NCc3ccco3)CC2=O)cc1. The number of nitrogens with one attached hydrogen (secondary N) is 1. The van der Waals surface area contributed by atoms with E-state index in [0.29, 0.717) is 18.8 Å². The van der Waals surface area contributed by atoms with Crippen LogP contribution < -0.4 is 15.1 Å². The van der Waals surface area contributed by atoms with E-state index in [9.17, 15) is 9.59 Å². The van der Waals surface area contributed by atoms with Crippen LogP contribution in [0.2, 0.25) is 0 Å². The van der Waals surface area contributed by atoms with Crippen molar-refractivity contribution in [2.24, 2.45) is 5.92 Å². The average molecular weight is 355 g/mol. The first kappa shape index (κ1) is 18.0. The number of hydrogen-bond donors (Lipinski definition) is 1. The van der Waals surface area contributed by atoms with Gasteiger partial charge in [-0.1, -0.05) is 0 Å². The Morgan fingerprint density at radius 3 is 2.58 bits per heavy atom. The number of furan rings is 1. The summed E-state index contributed by atoms with van der Waals surface area (Å²) in [6.07, 6.45) is 1.81. The summed E-state index contributed by atoms with van der Waals surface area (Å²) >= 11 is 0. The summed E-state index contributed by atoms with van der Waals surface area (Å²) in [7, 11) is 0. The Bertz CT molecular complexity index is 736. The minimum Gasteiger partial charge on any atom is -0.467 e. The molecule has 2 heterocycles. The molecule has 2 amide bonds. The van der Waals surface area contributed by atoms with Gasteiger partial charge >= 0.3 is 0 Å². The van der Waals surface area contributed by atoms with Crippen molar-refractivity contribution in [1.29, 1.82) is 0 Å². The molecule has 1 saturated heterocycles. The van der Waals surface area contributed by atoms with E-state index < -0.39 is 0 Å². The molecule has 26 heavy (non-hydrogen) atoms. The van der Waals surface area contributed by atoms with Crippen molar-refractivity contribution in [1.82, 2.24) is 5.32 Å². The van der Waals surface area contributed by atoms with Gasteiger partial charge in [-0.05, 0) is 50.2 Å². The van der Waals surface area contributed by atoms with E-state index in [2.05, 4.69) is 24.1 Å². The largest absolute Gasteiger partial charge is 0.467 e.